The van der Waals surface area contributed by atoms with Crippen molar-refractivity contribution in [1.29, 1.82) is 5.26 Å². The van der Waals surface area contributed by atoms with Crippen LogP contribution in [0.1, 0.15) is 23.6 Å². The average Bonchev–Trinajstić information content (AvgIpc) is 3.11. The normalized spacial score (nSPS) is 15.2. The Bertz CT molecular complexity index is 1090. The molecule has 0 bridgehead atoms. The van der Waals surface area contributed by atoms with E-state index in [4.69, 9.17) is 10.00 Å². The molecule has 6 nitrogen and oxygen atoms in total. The number of carbonyl (C=O) groups is 1. The van der Waals surface area contributed by atoms with Gasteiger partial charge in [0.05, 0.1) is 18.7 Å². The summed E-state index contributed by atoms with van der Waals surface area (Å²) in [6.45, 7) is 3.30. The highest BCUT2D eigenvalue weighted by Gasteiger charge is 2.29. The highest BCUT2D eigenvalue weighted by atomic mass is 16.5. The van der Waals surface area contributed by atoms with E-state index in [9.17, 15) is 4.79 Å². The number of amides is 1. The number of hydrogen-bond acceptors (Lipinski definition) is 5. The van der Waals surface area contributed by atoms with Crippen LogP contribution in [0.3, 0.4) is 0 Å². The van der Waals surface area contributed by atoms with Gasteiger partial charge in [-0.3, -0.25) is 9.69 Å². The van der Waals surface area contributed by atoms with E-state index in [0.717, 1.165) is 55.3 Å². The van der Waals surface area contributed by atoms with E-state index >= 15 is 0 Å². The van der Waals surface area contributed by atoms with Gasteiger partial charge < -0.3 is 15.0 Å². The van der Waals surface area contributed by atoms with E-state index < -0.39 is 0 Å². The molecule has 1 aliphatic rings. The molecule has 4 rings (SSSR count). The van der Waals surface area contributed by atoms with Crippen LogP contribution >= 0.6 is 0 Å². The lowest BCUT2D eigenvalue weighted by Gasteiger charge is -2.30. The molecule has 0 spiro atoms. The maximum atomic E-state index is 13.5. The van der Waals surface area contributed by atoms with Crippen LogP contribution in [0.2, 0.25) is 0 Å². The number of nitrogens with one attached hydrogen (secondary N) is 1. The molecule has 1 N–H and O–H groups in total. The quantitative estimate of drug-likeness (QED) is 0.613. The Morgan fingerprint density at radius 3 is 2.33 bits per heavy atom. The van der Waals surface area contributed by atoms with Crippen molar-refractivity contribution in [2.45, 2.75) is 12.5 Å². The van der Waals surface area contributed by atoms with E-state index in [1.54, 1.807) is 7.11 Å². The third-order valence-corrected chi connectivity index (χ3v) is 5.98. The van der Waals surface area contributed by atoms with Gasteiger partial charge >= 0.3 is 0 Å². The van der Waals surface area contributed by atoms with Gasteiger partial charge in [-0.15, -0.1) is 0 Å². The first-order chi connectivity index (χ1) is 16.2. The molecule has 1 aliphatic heterocycles. The lowest BCUT2D eigenvalue weighted by atomic mass is 10.0. The summed E-state index contributed by atoms with van der Waals surface area (Å²) in [6.07, 6.45) is 0.944. The van der Waals surface area contributed by atoms with E-state index in [1.807, 2.05) is 78.9 Å². The molecule has 3 aromatic carbocycles. The summed E-state index contributed by atoms with van der Waals surface area (Å²) in [4.78, 5) is 18.1. The minimum atomic E-state index is -0.380. The zero-order valence-corrected chi connectivity index (χ0v) is 18.8. The van der Waals surface area contributed by atoms with E-state index in [0.29, 0.717) is 5.56 Å². The minimum Gasteiger partial charge on any atom is -0.497 e. The molecule has 0 aliphatic carbocycles. The summed E-state index contributed by atoms with van der Waals surface area (Å²) >= 11 is 0. The van der Waals surface area contributed by atoms with Crippen molar-refractivity contribution in [3.05, 3.63) is 90.0 Å². The van der Waals surface area contributed by atoms with Crippen LogP contribution in [-0.4, -0.2) is 44.1 Å². The third-order valence-electron chi connectivity index (χ3n) is 5.98. The zero-order valence-electron chi connectivity index (χ0n) is 18.8. The van der Waals surface area contributed by atoms with Crippen LogP contribution in [0, 0.1) is 11.3 Å². The predicted octanol–water partition coefficient (Wildman–Crippen LogP) is 4.46. The molecular weight excluding hydrogens is 412 g/mol. The van der Waals surface area contributed by atoms with Crippen molar-refractivity contribution in [1.82, 2.24) is 4.90 Å². The van der Waals surface area contributed by atoms with Gasteiger partial charge in [0.2, 0.25) is 5.91 Å². The van der Waals surface area contributed by atoms with Gasteiger partial charge in [0, 0.05) is 37.6 Å². The molecule has 33 heavy (non-hydrogen) atoms. The van der Waals surface area contributed by atoms with E-state index in [2.05, 4.69) is 21.2 Å². The third kappa shape index (κ3) is 5.51. The first kappa shape index (κ1) is 22.4. The second kappa shape index (κ2) is 10.7. The highest BCUT2D eigenvalue weighted by Crippen LogP contribution is 2.26. The lowest BCUT2D eigenvalue weighted by molar-refractivity contribution is -0.121. The second-order valence-electron chi connectivity index (χ2n) is 8.07. The number of methoxy groups -OCH3 is 1. The summed E-state index contributed by atoms with van der Waals surface area (Å²) in [5, 5.41) is 12.1. The SMILES string of the molecule is COc1ccc(NC(=O)C(c2ccccc2)N2CCCN(c3ccc(C#N)cc3)CC2)cc1. The summed E-state index contributed by atoms with van der Waals surface area (Å²) in [5.74, 6) is 0.709. The average molecular weight is 441 g/mol. The molecule has 1 unspecified atom stereocenters. The standard InChI is InChI=1S/C27H28N4O2/c1-33-25-14-10-23(11-15-25)29-27(32)26(22-6-3-2-4-7-22)31-17-5-16-30(18-19-31)24-12-8-21(20-28)9-13-24/h2-4,6-15,26H,5,16-19H2,1H3,(H,29,32). The van der Waals surface area contributed by atoms with Gasteiger partial charge in [-0.05, 0) is 60.5 Å². The van der Waals surface area contributed by atoms with Crippen molar-refractivity contribution in [3.8, 4) is 11.8 Å². The van der Waals surface area contributed by atoms with E-state index in [1.165, 1.54) is 0 Å². The van der Waals surface area contributed by atoms with Crippen LogP contribution in [0.25, 0.3) is 0 Å². The number of rotatable bonds is 6. The molecular formula is C27H28N4O2. The van der Waals surface area contributed by atoms with Gasteiger partial charge in [-0.2, -0.15) is 5.26 Å². The van der Waals surface area contributed by atoms with Gasteiger partial charge in [0.15, 0.2) is 0 Å². The molecule has 3 aromatic rings. The maximum Gasteiger partial charge on any atom is 0.246 e. The Morgan fingerprint density at radius 1 is 0.939 bits per heavy atom. The van der Waals surface area contributed by atoms with Gasteiger partial charge in [-0.1, -0.05) is 30.3 Å². The molecule has 6 heteroatoms. The number of hydrogen-bond donors (Lipinski definition) is 1. The number of carbonyl (C=O) groups excluding carboxylic acids is 1. The first-order valence-corrected chi connectivity index (χ1v) is 11.2. The molecule has 0 saturated carbocycles. The summed E-state index contributed by atoms with van der Waals surface area (Å²) in [6, 6.07) is 26.8. The minimum absolute atomic E-state index is 0.0433. The topological polar surface area (TPSA) is 68.6 Å². The smallest absolute Gasteiger partial charge is 0.246 e. The zero-order chi connectivity index (χ0) is 23.0. The van der Waals surface area contributed by atoms with Crippen molar-refractivity contribution in [3.63, 3.8) is 0 Å². The number of benzene rings is 3. The van der Waals surface area contributed by atoms with Crippen LogP contribution < -0.4 is 15.0 Å². The fourth-order valence-corrected chi connectivity index (χ4v) is 4.25. The number of nitrogens with zero attached hydrogens (tertiary/aromatic N) is 3. The van der Waals surface area contributed by atoms with Crippen LogP contribution in [0.5, 0.6) is 5.75 Å². The summed E-state index contributed by atoms with van der Waals surface area (Å²) in [7, 11) is 1.62. The Morgan fingerprint density at radius 2 is 1.67 bits per heavy atom. The molecule has 1 heterocycles. The van der Waals surface area contributed by atoms with Crippen LogP contribution in [-0.2, 0) is 4.79 Å². The summed E-state index contributed by atoms with van der Waals surface area (Å²) < 4.78 is 5.22. The van der Waals surface area contributed by atoms with Crippen molar-refractivity contribution < 1.29 is 9.53 Å². The molecule has 0 aromatic heterocycles. The fraction of sp³-hybridized carbons (Fsp3) is 0.259. The number of anilines is 2. The van der Waals surface area contributed by atoms with Crippen LogP contribution in [0.15, 0.2) is 78.9 Å². The van der Waals surface area contributed by atoms with Gasteiger partial charge in [0.25, 0.3) is 0 Å². The number of nitriles is 1. The Hall–Kier alpha value is -3.82. The Kier molecular flexibility index (Phi) is 7.23. The predicted molar refractivity (Wildman–Crippen MR) is 130 cm³/mol. The van der Waals surface area contributed by atoms with Gasteiger partial charge in [0.1, 0.15) is 11.8 Å². The molecule has 168 valence electrons. The number of ether oxygens (including phenoxy) is 1. The highest BCUT2D eigenvalue weighted by molar-refractivity contribution is 5.95. The van der Waals surface area contributed by atoms with Gasteiger partial charge in [-0.25, -0.2) is 0 Å². The molecule has 1 saturated heterocycles. The van der Waals surface area contributed by atoms with Crippen LogP contribution in [0.4, 0.5) is 11.4 Å². The first-order valence-electron chi connectivity index (χ1n) is 11.2. The Labute approximate surface area is 195 Å². The molecule has 1 atom stereocenters. The fourth-order valence-electron chi connectivity index (χ4n) is 4.25. The molecule has 1 fully saturated rings. The van der Waals surface area contributed by atoms with Crippen molar-refractivity contribution in [2.24, 2.45) is 0 Å². The lowest BCUT2D eigenvalue weighted by Crippen LogP contribution is -2.39. The van der Waals surface area contributed by atoms with Crippen molar-refractivity contribution >= 4 is 17.3 Å². The van der Waals surface area contributed by atoms with E-state index in [-0.39, 0.29) is 11.9 Å². The monoisotopic (exact) mass is 440 g/mol. The molecule has 1 amide bonds. The second-order valence-corrected chi connectivity index (χ2v) is 8.07. The largest absolute Gasteiger partial charge is 0.497 e. The maximum absolute atomic E-state index is 13.5. The summed E-state index contributed by atoms with van der Waals surface area (Å²) in [5.41, 5.74) is 3.50. The Balaban J connectivity index is 1.51. The molecule has 0 radical (unpaired) electrons. The van der Waals surface area contributed by atoms with Crippen molar-refractivity contribution in [2.75, 3.05) is 43.5 Å².